The molecule has 0 aliphatic heterocycles. The van der Waals surface area contributed by atoms with Crippen LogP contribution in [0.1, 0.15) is 34.6 Å². The van der Waals surface area contributed by atoms with Crippen LogP contribution in [0.3, 0.4) is 0 Å². The van der Waals surface area contributed by atoms with Gasteiger partial charge in [0.25, 0.3) is 0 Å². The zero-order chi connectivity index (χ0) is 16.6. The van der Waals surface area contributed by atoms with Crippen molar-refractivity contribution in [3.63, 3.8) is 0 Å². The number of hydrogen-bond donors (Lipinski definition) is 0. The molecule has 114 valence electrons. The van der Waals surface area contributed by atoms with Gasteiger partial charge in [0.2, 0.25) is 5.43 Å². The van der Waals surface area contributed by atoms with Gasteiger partial charge in [0.15, 0.2) is 11.6 Å². The molecule has 0 saturated heterocycles. The summed E-state index contributed by atoms with van der Waals surface area (Å²) in [4.78, 5) is 36.6. The van der Waals surface area contributed by atoms with E-state index in [4.69, 9.17) is 4.42 Å². The van der Waals surface area contributed by atoms with Crippen LogP contribution in [0, 0.1) is 0 Å². The lowest BCUT2D eigenvalue weighted by molar-refractivity contribution is 0.100. The minimum atomic E-state index is -0.391. The molecule has 0 amide bonds. The van der Waals surface area contributed by atoms with Crippen LogP contribution in [0.4, 0.5) is 0 Å². The Bertz CT molecular complexity index is 996. The van der Waals surface area contributed by atoms with Crippen molar-refractivity contribution in [2.24, 2.45) is 0 Å². The molecule has 2 aromatic carbocycles. The first-order chi connectivity index (χ1) is 11.0. The quantitative estimate of drug-likeness (QED) is 0.689. The average Bonchev–Trinajstić information content (AvgIpc) is 2.54. The van der Waals surface area contributed by atoms with Gasteiger partial charge in [-0.3, -0.25) is 14.4 Å². The largest absolute Gasteiger partial charge is 0.455 e. The second-order valence-electron chi connectivity index (χ2n) is 5.29. The standard InChI is InChI=1S/C19H14O4/c1-11(20)13-7-3-4-8-14(13)19-17(12(2)21)18(22)15-9-5-6-10-16(15)23-19/h3-10H,1-2H3. The lowest BCUT2D eigenvalue weighted by atomic mass is 9.97. The van der Waals surface area contributed by atoms with Crippen molar-refractivity contribution >= 4 is 22.5 Å². The van der Waals surface area contributed by atoms with Gasteiger partial charge in [-0.2, -0.15) is 0 Å². The van der Waals surface area contributed by atoms with E-state index in [-0.39, 0.29) is 22.5 Å². The molecule has 4 nitrogen and oxygen atoms in total. The van der Waals surface area contributed by atoms with Gasteiger partial charge in [-0.25, -0.2) is 0 Å². The van der Waals surface area contributed by atoms with Gasteiger partial charge in [-0.1, -0.05) is 36.4 Å². The number of Topliss-reactive ketones (excluding diaryl/α,β-unsaturated/α-hetero) is 2. The van der Waals surface area contributed by atoms with Gasteiger partial charge in [0.05, 0.1) is 5.39 Å². The summed E-state index contributed by atoms with van der Waals surface area (Å²) in [5.74, 6) is -0.407. The number of ketones is 2. The van der Waals surface area contributed by atoms with Crippen LogP contribution in [0.2, 0.25) is 0 Å². The van der Waals surface area contributed by atoms with E-state index in [1.165, 1.54) is 13.8 Å². The fourth-order valence-electron chi connectivity index (χ4n) is 2.64. The van der Waals surface area contributed by atoms with Crippen LogP contribution >= 0.6 is 0 Å². The molecule has 0 aliphatic carbocycles. The number of rotatable bonds is 3. The van der Waals surface area contributed by atoms with E-state index in [2.05, 4.69) is 0 Å². The number of para-hydroxylation sites is 1. The van der Waals surface area contributed by atoms with E-state index >= 15 is 0 Å². The number of hydrogen-bond acceptors (Lipinski definition) is 4. The van der Waals surface area contributed by atoms with E-state index in [1.807, 2.05) is 0 Å². The number of carbonyl (C=O) groups excluding carboxylic acids is 2. The molecule has 23 heavy (non-hydrogen) atoms. The van der Waals surface area contributed by atoms with E-state index in [1.54, 1.807) is 48.5 Å². The third-order valence-electron chi connectivity index (χ3n) is 3.70. The van der Waals surface area contributed by atoms with E-state index in [0.717, 1.165) is 0 Å². The van der Waals surface area contributed by atoms with Crippen LogP contribution < -0.4 is 5.43 Å². The van der Waals surface area contributed by atoms with Gasteiger partial charge in [0.1, 0.15) is 16.9 Å². The summed E-state index contributed by atoms with van der Waals surface area (Å²) in [5.41, 5.74) is 0.836. The Hall–Kier alpha value is -3.01. The Labute approximate surface area is 132 Å². The molecule has 0 unspecified atom stereocenters. The monoisotopic (exact) mass is 306 g/mol. The van der Waals surface area contributed by atoms with Crippen molar-refractivity contribution in [3.05, 3.63) is 69.9 Å². The zero-order valence-electron chi connectivity index (χ0n) is 12.8. The third kappa shape index (κ3) is 2.48. The maximum atomic E-state index is 12.7. The van der Waals surface area contributed by atoms with Crippen LogP contribution in [0.5, 0.6) is 0 Å². The predicted octanol–water partition coefficient (Wildman–Crippen LogP) is 3.87. The Morgan fingerprint density at radius 3 is 2.22 bits per heavy atom. The fraction of sp³-hybridized carbons (Fsp3) is 0.105. The minimum absolute atomic E-state index is 0.0302. The average molecular weight is 306 g/mol. The highest BCUT2D eigenvalue weighted by Gasteiger charge is 2.22. The molecule has 0 radical (unpaired) electrons. The maximum absolute atomic E-state index is 12.7. The summed E-state index contributed by atoms with van der Waals surface area (Å²) < 4.78 is 5.84. The van der Waals surface area contributed by atoms with E-state index in [0.29, 0.717) is 22.1 Å². The number of carbonyl (C=O) groups is 2. The van der Waals surface area contributed by atoms with Gasteiger partial charge < -0.3 is 4.42 Å². The molecule has 0 bridgehead atoms. The first-order valence-electron chi connectivity index (χ1n) is 7.18. The van der Waals surface area contributed by atoms with Crippen molar-refractivity contribution in [2.75, 3.05) is 0 Å². The topological polar surface area (TPSA) is 64.3 Å². The molecular weight excluding hydrogens is 292 g/mol. The Balaban J connectivity index is 2.47. The van der Waals surface area contributed by atoms with Crippen molar-refractivity contribution < 1.29 is 14.0 Å². The molecule has 0 spiro atoms. The van der Waals surface area contributed by atoms with Crippen LogP contribution in [-0.2, 0) is 0 Å². The van der Waals surface area contributed by atoms with Crippen LogP contribution in [0.25, 0.3) is 22.3 Å². The summed E-state index contributed by atoms with van der Waals surface area (Å²) in [6.45, 7) is 2.76. The second-order valence-corrected chi connectivity index (χ2v) is 5.29. The van der Waals surface area contributed by atoms with E-state index < -0.39 is 5.78 Å². The molecule has 0 saturated carbocycles. The molecule has 4 heteroatoms. The Morgan fingerprint density at radius 2 is 1.52 bits per heavy atom. The predicted molar refractivity (Wildman–Crippen MR) is 87.9 cm³/mol. The summed E-state index contributed by atoms with van der Waals surface area (Å²) in [6, 6.07) is 13.5. The smallest absolute Gasteiger partial charge is 0.204 e. The van der Waals surface area contributed by atoms with Gasteiger partial charge in [0, 0.05) is 11.1 Å². The summed E-state index contributed by atoms with van der Waals surface area (Å²) in [7, 11) is 0. The number of fused-ring (bicyclic) bond motifs is 1. The van der Waals surface area contributed by atoms with Crippen molar-refractivity contribution in [1.82, 2.24) is 0 Å². The Kier molecular flexibility index (Phi) is 3.66. The van der Waals surface area contributed by atoms with Crippen LogP contribution in [-0.4, -0.2) is 11.6 Å². The van der Waals surface area contributed by atoms with Crippen LogP contribution in [0.15, 0.2) is 57.7 Å². The highest BCUT2D eigenvalue weighted by atomic mass is 16.3. The summed E-state index contributed by atoms with van der Waals surface area (Å²) in [5, 5.41) is 0.349. The fourth-order valence-corrected chi connectivity index (χ4v) is 2.64. The lowest BCUT2D eigenvalue weighted by Gasteiger charge is -2.10. The number of benzene rings is 2. The third-order valence-corrected chi connectivity index (χ3v) is 3.70. The van der Waals surface area contributed by atoms with Gasteiger partial charge in [-0.15, -0.1) is 0 Å². The van der Waals surface area contributed by atoms with Crippen molar-refractivity contribution in [2.45, 2.75) is 13.8 Å². The molecule has 3 aromatic rings. The first kappa shape index (κ1) is 14.9. The SMILES string of the molecule is CC(=O)c1ccccc1-c1oc2ccccc2c(=O)c1C(C)=O. The summed E-state index contributed by atoms with van der Waals surface area (Å²) >= 11 is 0. The van der Waals surface area contributed by atoms with Crippen molar-refractivity contribution in [1.29, 1.82) is 0 Å². The molecule has 1 heterocycles. The molecule has 0 N–H and O–H groups in total. The minimum Gasteiger partial charge on any atom is -0.455 e. The molecule has 0 atom stereocenters. The molecule has 1 aromatic heterocycles. The first-order valence-corrected chi connectivity index (χ1v) is 7.18. The van der Waals surface area contributed by atoms with Gasteiger partial charge in [-0.05, 0) is 26.0 Å². The summed E-state index contributed by atoms with van der Waals surface area (Å²) in [6.07, 6.45) is 0. The van der Waals surface area contributed by atoms with E-state index in [9.17, 15) is 14.4 Å². The lowest BCUT2D eigenvalue weighted by Crippen LogP contribution is -2.15. The molecule has 3 rings (SSSR count). The molecule has 0 fully saturated rings. The molecular formula is C19H14O4. The highest BCUT2D eigenvalue weighted by Crippen LogP contribution is 2.29. The van der Waals surface area contributed by atoms with Crippen molar-refractivity contribution in [3.8, 4) is 11.3 Å². The highest BCUT2D eigenvalue weighted by molar-refractivity contribution is 6.06. The molecule has 0 aliphatic rings. The Morgan fingerprint density at radius 1 is 0.870 bits per heavy atom. The normalized spacial score (nSPS) is 10.7. The second kappa shape index (κ2) is 5.65. The maximum Gasteiger partial charge on any atom is 0.204 e. The van der Waals surface area contributed by atoms with Gasteiger partial charge >= 0.3 is 0 Å². The zero-order valence-corrected chi connectivity index (χ0v) is 12.8.